The Bertz CT molecular complexity index is 572. The molecule has 0 unspecified atom stereocenters. The second-order valence-electron chi connectivity index (χ2n) is 4.05. The monoisotopic (exact) mass is 435 g/mol. The van der Waals surface area contributed by atoms with Gasteiger partial charge in [0.25, 0.3) is 0 Å². The quantitative estimate of drug-likeness (QED) is 0.615. The molecule has 0 aromatic heterocycles. The van der Waals surface area contributed by atoms with E-state index in [4.69, 9.17) is 11.6 Å². The summed E-state index contributed by atoms with van der Waals surface area (Å²) < 4.78 is 2.27. The van der Waals surface area contributed by atoms with Gasteiger partial charge in [0.15, 0.2) is 0 Å². The summed E-state index contributed by atoms with van der Waals surface area (Å²) in [6.07, 6.45) is 0. The van der Waals surface area contributed by atoms with Gasteiger partial charge in [-0.2, -0.15) is 0 Å². The molecule has 94 valence electrons. The Morgan fingerprint density at radius 3 is 2.72 bits per heavy atom. The molecule has 0 heterocycles. The number of hydrogen-bond acceptors (Lipinski definition) is 1. The number of halogens is 3. The topological polar surface area (TPSA) is 12.0 Å². The van der Waals surface area contributed by atoms with Crippen molar-refractivity contribution in [3.63, 3.8) is 0 Å². The van der Waals surface area contributed by atoms with E-state index >= 15 is 0 Å². The number of anilines is 1. The van der Waals surface area contributed by atoms with Crippen LogP contribution in [0.4, 0.5) is 5.69 Å². The largest absolute Gasteiger partial charge is 0.381 e. The molecule has 18 heavy (non-hydrogen) atoms. The van der Waals surface area contributed by atoms with Crippen molar-refractivity contribution in [1.82, 2.24) is 0 Å². The van der Waals surface area contributed by atoms with Crippen molar-refractivity contribution in [2.45, 2.75) is 13.5 Å². The fraction of sp³-hybridized carbons (Fsp3) is 0.143. The maximum atomic E-state index is 5.93. The lowest BCUT2D eigenvalue weighted by atomic mass is 10.2. The van der Waals surface area contributed by atoms with Gasteiger partial charge in [-0.15, -0.1) is 0 Å². The molecule has 0 saturated heterocycles. The maximum absolute atomic E-state index is 5.93. The molecule has 0 radical (unpaired) electrons. The molecular formula is C14H12BrClIN. The zero-order valence-corrected chi connectivity index (χ0v) is 14.3. The Morgan fingerprint density at radius 1 is 1.22 bits per heavy atom. The molecule has 0 aliphatic heterocycles. The average Bonchev–Trinajstić information content (AvgIpc) is 2.32. The van der Waals surface area contributed by atoms with Gasteiger partial charge in [-0.1, -0.05) is 39.7 Å². The van der Waals surface area contributed by atoms with Crippen molar-refractivity contribution < 1.29 is 0 Å². The van der Waals surface area contributed by atoms with E-state index in [2.05, 4.69) is 69.0 Å². The molecule has 0 aliphatic rings. The highest BCUT2D eigenvalue weighted by molar-refractivity contribution is 14.1. The number of benzene rings is 2. The predicted octanol–water partition coefficient (Wildman–Crippen LogP) is 5.63. The van der Waals surface area contributed by atoms with E-state index in [-0.39, 0.29) is 0 Å². The standard InChI is InChI=1S/C14H12BrClIN/c1-9-2-5-12(17)7-14(9)18-8-10-3-4-11(16)6-13(10)15/h2-7,18H,8H2,1H3. The van der Waals surface area contributed by atoms with Crippen LogP contribution in [0.5, 0.6) is 0 Å². The first-order valence-electron chi connectivity index (χ1n) is 5.50. The van der Waals surface area contributed by atoms with Gasteiger partial charge in [0.05, 0.1) is 0 Å². The second kappa shape index (κ2) is 6.26. The smallest absolute Gasteiger partial charge is 0.0417 e. The van der Waals surface area contributed by atoms with Crippen LogP contribution in [0, 0.1) is 10.5 Å². The Labute approximate surface area is 134 Å². The van der Waals surface area contributed by atoms with Crippen molar-refractivity contribution in [1.29, 1.82) is 0 Å². The van der Waals surface area contributed by atoms with E-state index in [9.17, 15) is 0 Å². The zero-order valence-electron chi connectivity index (χ0n) is 9.81. The Morgan fingerprint density at radius 2 is 2.00 bits per heavy atom. The lowest BCUT2D eigenvalue weighted by Crippen LogP contribution is -2.02. The summed E-state index contributed by atoms with van der Waals surface area (Å²) in [5, 5.41) is 4.20. The van der Waals surface area contributed by atoms with E-state index in [0.717, 1.165) is 16.0 Å². The number of aryl methyl sites for hydroxylation is 1. The molecule has 2 aromatic rings. The molecule has 0 aliphatic carbocycles. The first kappa shape index (κ1) is 14.2. The molecule has 0 bridgehead atoms. The Balaban J connectivity index is 2.13. The van der Waals surface area contributed by atoms with Gasteiger partial charge in [0, 0.05) is 25.3 Å². The van der Waals surface area contributed by atoms with Crippen LogP contribution in [0.15, 0.2) is 40.9 Å². The lowest BCUT2D eigenvalue weighted by molar-refractivity contribution is 1.13. The molecule has 0 atom stereocenters. The molecular weight excluding hydrogens is 424 g/mol. The highest BCUT2D eigenvalue weighted by Gasteiger charge is 2.03. The van der Waals surface area contributed by atoms with Crippen molar-refractivity contribution >= 4 is 55.8 Å². The highest BCUT2D eigenvalue weighted by atomic mass is 127. The minimum atomic E-state index is 0.746. The fourth-order valence-corrected chi connectivity index (χ4v) is 2.95. The Hall–Kier alpha value is -0.260. The summed E-state index contributed by atoms with van der Waals surface area (Å²) in [5.74, 6) is 0. The van der Waals surface area contributed by atoms with Gasteiger partial charge < -0.3 is 5.32 Å². The molecule has 1 N–H and O–H groups in total. The van der Waals surface area contributed by atoms with Crippen LogP contribution in [0.3, 0.4) is 0 Å². The van der Waals surface area contributed by atoms with Crippen molar-refractivity contribution in [2.75, 3.05) is 5.32 Å². The van der Waals surface area contributed by atoms with Crippen LogP contribution in [-0.2, 0) is 6.54 Å². The molecule has 1 nitrogen and oxygen atoms in total. The third-order valence-electron chi connectivity index (χ3n) is 2.68. The van der Waals surface area contributed by atoms with Crippen LogP contribution in [0.2, 0.25) is 5.02 Å². The van der Waals surface area contributed by atoms with Gasteiger partial charge in [0.2, 0.25) is 0 Å². The lowest BCUT2D eigenvalue weighted by Gasteiger charge is -2.11. The van der Waals surface area contributed by atoms with E-state index in [0.29, 0.717) is 0 Å². The third-order valence-corrected chi connectivity index (χ3v) is 4.33. The van der Waals surface area contributed by atoms with Crippen LogP contribution >= 0.6 is 50.1 Å². The maximum Gasteiger partial charge on any atom is 0.0417 e. The molecule has 0 spiro atoms. The number of nitrogens with one attached hydrogen (secondary N) is 1. The summed E-state index contributed by atoms with van der Waals surface area (Å²) in [4.78, 5) is 0. The molecule has 2 aromatic carbocycles. The second-order valence-corrected chi connectivity index (χ2v) is 6.58. The van der Waals surface area contributed by atoms with Crippen molar-refractivity contribution in [2.24, 2.45) is 0 Å². The van der Waals surface area contributed by atoms with Crippen molar-refractivity contribution in [3.05, 3.63) is 60.6 Å². The van der Waals surface area contributed by atoms with Gasteiger partial charge in [-0.3, -0.25) is 0 Å². The van der Waals surface area contributed by atoms with E-state index in [1.165, 1.54) is 20.4 Å². The number of rotatable bonds is 3. The zero-order chi connectivity index (χ0) is 13.1. The fourth-order valence-electron chi connectivity index (χ4n) is 1.64. The minimum absolute atomic E-state index is 0.746. The van der Waals surface area contributed by atoms with E-state index in [1.54, 1.807) is 0 Å². The molecule has 0 saturated carbocycles. The average molecular weight is 437 g/mol. The van der Waals surface area contributed by atoms with Gasteiger partial charge >= 0.3 is 0 Å². The first-order valence-corrected chi connectivity index (χ1v) is 7.75. The molecule has 0 amide bonds. The minimum Gasteiger partial charge on any atom is -0.381 e. The highest BCUT2D eigenvalue weighted by Crippen LogP contribution is 2.24. The summed E-state index contributed by atoms with van der Waals surface area (Å²) in [5.41, 5.74) is 3.61. The van der Waals surface area contributed by atoms with Crippen molar-refractivity contribution in [3.8, 4) is 0 Å². The van der Waals surface area contributed by atoms with Crippen LogP contribution in [-0.4, -0.2) is 0 Å². The molecule has 0 fully saturated rings. The summed E-state index contributed by atoms with van der Waals surface area (Å²) in [6, 6.07) is 12.2. The van der Waals surface area contributed by atoms with Gasteiger partial charge in [-0.25, -0.2) is 0 Å². The summed E-state index contributed by atoms with van der Waals surface area (Å²) in [7, 11) is 0. The van der Waals surface area contributed by atoms with Crippen LogP contribution in [0.25, 0.3) is 0 Å². The molecule has 2 rings (SSSR count). The number of hydrogen-bond donors (Lipinski definition) is 1. The van der Waals surface area contributed by atoms with Gasteiger partial charge in [-0.05, 0) is 64.9 Å². The third kappa shape index (κ3) is 3.62. The van der Waals surface area contributed by atoms with Gasteiger partial charge in [0.1, 0.15) is 0 Å². The summed E-state index contributed by atoms with van der Waals surface area (Å²) >= 11 is 11.8. The Kier molecular flexibility index (Phi) is 4.92. The van der Waals surface area contributed by atoms with Crippen LogP contribution in [0.1, 0.15) is 11.1 Å². The predicted molar refractivity (Wildman–Crippen MR) is 90.4 cm³/mol. The SMILES string of the molecule is Cc1ccc(I)cc1NCc1ccc(Cl)cc1Br. The summed E-state index contributed by atoms with van der Waals surface area (Å²) in [6.45, 7) is 2.88. The normalized spacial score (nSPS) is 10.4. The van der Waals surface area contributed by atoms with E-state index < -0.39 is 0 Å². The van der Waals surface area contributed by atoms with Crippen LogP contribution < -0.4 is 5.32 Å². The van der Waals surface area contributed by atoms with E-state index in [1.807, 2.05) is 18.2 Å². The molecule has 4 heteroatoms. The first-order chi connectivity index (χ1) is 8.56.